The molecule has 36 heavy (non-hydrogen) atoms. The van der Waals surface area contributed by atoms with Gasteiger partial charge in [0.15, 0.2) is 5.82 Å². The lowest BCUT2D eigenvalue weighted by atomic mass is 10.1. The summed E-state index contributed by atoms with van der Waals surface area (Å²) >= 11 is 0. The number of benzene rings is 1. The third kappa shape index (κ3) is 4.62. The minimum Gasteiger partial charge on any atom is -0.497 e. The number of aromatic nitrogens is 4. The Kier molecular flexibility index (Phi) is 6.34. The minimum absolute atomic E-state index is 0.0229. The lowest BCUT2D eigenvalue weighted by molar-refractivity contribution is -0.136. The van der Waals surface area contributed by atoms with Gasteiger partial charge in [-0.05, 0) is 51.1 Å². The molecule has 2 aliphatic heterocycles. The van der Waals surface area contributed by atoms with Crippen molar-refractivity contribution >= 4 is 23.3 Å². The van der Waals surface area contributed by atoms with E-state index in [0.717, 1.165) is 34.5 Å². The molecule has 2 aliphatic rings. The summed E-state index contributed by atoms with van der Waals surface area (Å²) in [6.07, 6.45) is 0.238. The molecule has 1 unspecified atom stereocenters. The highest BCUT2D eigenvalue weighted by Gasteiger charge is 2.38. The molecule has 2 saturated heterocycles. The van der Waals surface area contributed by atoms with Gasteiger partial charge in [-0.3, -0.25) is 9.59 Å². The van der Waals surface area contributed by atoms with Gasteiger partial charge < -0.3 is 19.4 Å². The van der Waals surface area contributed by atoms with Crippen LogP contribution in [0, 0.1) is 26.7 Å². The summed E-state index contributed by atoms with van der Waals surface area (Å²) in [5.74, 6) is 2.67. The first-order valence-corrected chi connectivity index (χ1v) is 12.2. The van der Waals surface area contributed by atoms with Crippen LogP contribution in [-0.2, 0) is 9.59 Å². The van der Waals surface area contributed by atoms with E-state index in [2.05, 4.69) is 20.0 Å². The van der Waals surface area contributed by atoms with Crippen LogP contribution in [0.2, 0.25) is 0 Å². The molecular formula is C26H31N7O3. The molecule has 0 N–H and O–H groups in total. The Morgan fingerprint density at radius 3 is 2.31 bits per heavy atom. The molecule has 0 spiro atoms. The normalized spacial score (nSPS) is 18.2. The third-order valence-corrected chi connectivity index (χ3v) is 6.81. The molecule has 5 rings (SSSR count). The van der Waals surface area contributed by atoms with Crippen LogP contribution in [-0.4, -0.2) is 76.3 Å². The maximum atomic E-state index is 13.3. The van der Waals surface area contributed by atoms with E-state index in [0.29, 0.717) is 38.5 Å². The van der Waals surface area contributed by atoms with Crippen molar-refractivity contribution in [2.24, 2.45) is 5.92 Å². The first-order valence-electron chi connectivity index (χ1n) is 12.2. The second-order valence-electron chi connectivity index (χ2n) is 9.39. The molecule has 3 aromatic rings. The van der Waals surface area contributed by atoms with Crippen LogP contribution in [0.15, 0.2) is 36.4 Å². The number of piperazine rings is 1. The van der Waals surface area contributed by atoms with Crippen molar-refractivity contribution in [3.63, 3.8) is 0 Å². The van der Waals surface area contributed by atoms with Crippen molar-refractivity contribution in [2.75, 3.05) is 49.6 Å². The average Bonchev–Trinajstić information content (AvgIpc) is 3.44. The number of nitrogens with zero attached hydrogens (tertiary/aromatic N) is 7. The van der Waals surface area contributed by atoms with Gasteiger partial charge >= 0.3 is 0 Å². The zero-order valence-corrected chi connectivity index (χ0v) is 21.1. The van der Waals surface area contributed by atoms with Crippen LogP contribution >= 0.6 is 0 Å². The number of anilines is 2. The summed E-state index contributed by atoms with van der Waals surface area (Å²) in [5, 5.41) is 4.55. The van der Waals surface area contributed by atoms with Crippen LogP contribution in [0.1, 0.15) is 23.6 Å². The van der Waals surface area contributed by atoms with Crippen molar-refractivity contribution < 1.29 is 14.3 Å². The van der Waals surface area contributed by atoms with Gasteiger partial charge in [-0.25, -0.2) is 14.6 Å². The van der Waals surface area contributed by atoms with Crippen molar-refractivity contribution in [1.29, 1.82) is 0 Å². The average molecular weight is 490 g/mol. The number of amides is 2. The Morgan fingerprint density at radius 2 is 1.67 bits per heavy atom. The number of aryl methyl sites for hydroxylation is 3. The third-order valence-electron chi connectivity index (χ3n) is 6.81. The zero-order valence-electron chi connectivity index (χ0n) is 21.1. The molecule has 4 heterocycles. The van der Waals surface area contributed by atoms with Crippen molar-refractivity contribution in [3.05, 3.63) is 53.6 Å². The molecule has 10 nitrogen and oxygen atoms in total. The summed E-state index contributed by atoms with van der Waals surface area (Å²) in [5.41, 5.74) is 2.74. The van der Waals surface area contributed by atoms with E-state index >= 15 is 0 Å². The molecule has 0 bridgehead atoms. The fraction of sp³-hybridized carbons (Fsp3) is 0.423. The summed E-state index contributed by atoms with van der Waals surface area (Å²) < 4.78 is 7.03. The Balaban J connectivity index is 1.23. The lowest BCUT2D eigenvalue weighted by Gasteiger charge is -2.36. The Labute approximate surface area is 210 Å². The molecule has 2 amide bonds. The number of carbonyl (C=O) groups is 2. The molecule has 2 aromatic heterocycles. The van der Waals surface area contributed by atoms with Gasteiger partial charge in [-0.2, -0.15) is 5.10 Å². The van der Waals surface area contributed by atoms with E-state index in [4.69, 9.17) is 4.74 Å². The number of hydrogen-bond acceptors (Lipinski definition) is 7. The standard InChI is InChI=1S/C26H31N7O3/c1-17-13-18(2)33(29-17)24-15-23(27-19(3)28-24)30-9-11-31(12-10-30)26(35)20-14-25(34)32(16-20)21-5-7-22(36-4)8-6-21/h5-8,13,15,20H,9-12,14,16H2,1-4H3. The fourth-order valence-corrected chi connectivity index (χ4v) is 4.97. The van der Waals surface area contributed by atoms with Crippen LogP contribution in [0.4, 0.5) is 11.5 Å². The summed E-state index contributed by atoms with van der Waals surface area (Å²) in [7, 11) is 1.61. The maximum Gasteiger partial charge on any atom is 0.228 e. The van der Waals surface area contributed by atoms with E-state index in [1.54, 1.807) is 12.0 Å². The van der Waals surface area contributed by atoms with Crippen LogP contribution < -0.4 is 14.5 Å². The molecule has 2 fully saturated rings. The van der Waals surface area contributed by atoms with Gasteiger partial charge in [0.25, 0.3) is 0 Å². The molecule has 0 radical (unpaired) electrons. The highest BCUT2D eigenvalue weighted by Crippen LogP contribution is 2.28. The highest BCUT2D eigenvalue weighted by molar-refractivity contribution is 6.00. The molecule has 0 saturated carbocycles. The van der Waals surface area contributed by atoms with Gasteiger partial charge in [0.1, 0.15) is 17.4 Å². The Hall–Kier alpha value is -3.95. The predicted molar refractivity (Wildman–Crippen MR) is 136 cm³/mol. The van der Waals surface area contributed by atoms with Crippen LogP contribution in [0.5, 0.6) is 5.75 Å². The van der Waals surface area contributed by atoms with Crippen molar-refractivity contribution in [1.82, 2.24) is 24.6 Å². The van der Waals surface area contributed by atoms with Gasteiger partial charge in [0, 0.05) is 56.6 Å². The van der Waals surface area contributed by atoms with E-state index in [1.165, 1.54) is 0 Å². The summed E-state index contributed by atoms with van der Waals surface area (Å²) in [4.78, 5) is 40.9. The van der Waals surface area contributed by atoms with Crippen LogP contribution in [0.3, 0.4) is 0 Å². The second-order valence-corrected chi connectivity index (χ2v) is 9.39. The number of hydrogen-bond donors (Lipinski definition) is 0. The SMILES string of the molecule is COc1ccc(N2CC(C(=O)N3CCN(c4cc(-n5nc(C)cc5C)nc(C)n4)CC3)CC2=O)cc1. The monoisotopic (exact) mass is 489 g/mol. The maximum absolute atomic E-state index is 13.3. The molecule has 0 aliphatic carbocycles. The summed E-state index contributed by atoms with van der Waals surface area (Å²) in [6.45, 7) is 8.76. The number of methoxy groups -OCH3 is 1. The van der Waals surface area contributed by atoms with Gasteiger partial charge in [-0.1, -0.05) is 0 Å². The molecule has 10 heteroatoms. The zero-order chi connectivity index (χ0) is 25.4. The lowest BCUT2D eigenvalue weighted by Crippen LogP contribution is -2.51. The second kappa shape index (κ2) is 9.60. The number of rotatable bonds is 5. The first kappa shape index (κ1) is 23.8. The van der Waals surface area contributed by atoms with E-state index in [-0.39, 0.29) is 24.2 Å². The minimum atomic E-state index is -0.329. The number of carbonyl (C=O) groups excluding carboxylic acids is 2. The number of ether oxygens (including phenoxy) is 1. The Morgan fingerprint density at radius 1 is 0.972 bits per heavy atom. The van der Waals surface area contributed by atoms with Crippen molar-refractivity contribution in [3.8, 4) is 11.6 Å². The topological polar surface area (TPSA) is 96.7 Å². The van der Waals surface area contributed by atoms with Crippen LogP contribution in [0.25, 0.3) is 5.82 Å². The van der Waals surface area contributed by atoms with E-state index < -0.39 is 0 Å². The van der Waals surface area contributed by atoms with E-state index in [9.17, 15) is 9.59 Å². The Bertz CT molecular complexity index is 1280. The predicted octanol–water partition coefficient (Wildman–Crippen LogP) is 2.30. The first-order chi connectivity index (χ1) is 17.3. The van der Waals surface area contributed by atoms with Gasteiger partial charge in [0.05, 0.1) is 18.7 Å². The fourth-order valence-electron chi connectivity index (χ4n) is 4.97. The summed E-state index contributed by atoms with van der Waals surface area (Å²) in [6, 6.07) is 11.3. The van der Waals surface area contributed by atoms with E-state index in [1.807, 2.05) is 66.8 Å². The smallest absolute Gasteiger partial charge is 0.228 e. The molecule has 1 atom stereocenters. The van der Waals surface area contributed by atoms with Gasteiger partial charge in [0.2, 0.25) is 11.8 Å². The largest absolute Gasteiger partial charge is 0.497 e. The molecule has 1 aromatic carbocycles. The molecule has 188 valence electrons. The quantitative estimate of drug-likeness (QED) is 0.543. The van der Waals surface area contributed by atoms with Gasteiger partial charge in [-0.15, -0.1) is 0 Å². The molecular weight excluding hydrogens is 458 g/mol. The highest BCUT2D eigenvalue weighted by atomic mass is 16.5. The van der Waals surface area contributed by atoms with Crippen molar-refractivity contribution in [2.45, 2.75) is 27.2 Å².